The predicted molar refractivity (Wildman–Crippen MR) is 69.5 cm³/mol. The molecule has 20 heavy (non-hydrogen) atoms. The molecule has 0 aromatic heterocycles. The molecule has 0 saturated carbocycles. The maximum atomic E-state index is 7.37. The smallest absolute Gasteiger partial charge is 0.515 e. The Morgan fingerprint density at radius 1 is 0.800 bits per heavy atom. The van der Waals surface area contributed by atoms with Gasteiger partial charge in [0, 0.05) is 22.3 Å². The van der Waals surface area contributed by atoms with Crippen LogP contribution < -0.4 is 47.2 Å². The van der Waals surface area contributed by atoms with Crippen LogP contribution in [0.15, 0.2) is 24.3 Å². The van der Waals surface area contributed by atoms with Crippen molar-refractivity contribution in [1.82, 2.24) is 0 Å². The average molecular weight is 248 g/mol. The summed E-state index contributed by atoms with van der Waals surface area (Å²) >= 11 is 0. The van der Waals surface area contributed by atoms with E-state index in [-0.39, 0.29) is 37.7 Å². The van der Waals surface area contributed by atoms with E-state index in [9.17, 15) is 0 Å². The minimum atomic E-state index is 0. The van der Waals surface area contributed by atoms with E-state index in [1.165, 1.54) is 14.2 Å². The van der Waals surface area contributed by atoms with Gasteiger partial charge in [-0.15, -0.1) is 0 Å². The fourth-order valence-corrected chi connectivity index (χ4v) is 2.04. The molecule has 0 atom stereocenters. The number of rotatable bonds is 2. The van der Waals surface area contributed by atoms with Gasteiger partial charge in [0.15, 0.2) is 0 Å². The Morgan fingerprint density at radius 3 is 1.40 bits per heavy atom. The molecule has 0 spiro atoms. The van der Waals surface area contributed by atoms with Crippen molar-refractivity contribution in [2.24, 2.45) is 0 Å². The number of ether oxygens (including phenoxy) is 2. The number of hydrogen-bond acceptors (Lipinski definition) is 2. The van der Waals surface area contributed by atoms with E-state index in [1.807, 2.05) is 24.3 Å². The molecule has 2 aromatic rings. The van der Waals surface area contributed by atoms with Crippen LogP contribution in [-0.4, -0.2) is 14.2 Å². The predicted octanol–water partition coefficient (Wildman–Crippen LogP) is -3.26. The van der Waals surface area contributed by atoms with Gasteiger partial charge in [0.2, 0.25) is 0 Å². The molecular formula is C16H10Li2O2. The van der Waals surface area contributed by atoms with Crippen LogP contribution in [0.1, 0.15) is 11.1 Å². The maximum absolute atomic E-state index is 7.37. The second-order valence-corrected chi connectivity index (χ2v) is 3.61. The van der Waals surface area contributed by atoms with Gasteiger partial charge in [-0.1, -0.05) is 24.3 Å². The van der Waals surface area contributed by atoms with Gasteiger partial charge in [-0.25, -0.2) is 0 Å². The first-order valence-corrected chi connectivity index (χ1v) is 5.30. The van der Waals surface area contributed by atoms with E-state index in [2.05, 4.69) is 11.8 Å². The first-order chi connectivity index (χ1) is 8.78. The van der Waals surface area contributed by atoms with Crippen molar-refractivity contribution in [2.45, 2.75) is 0 Å². The molecule has 0 bridgehead atoms. The summed E-state index contributed by atoms with van der Waals surface area (Å²) in [5.74, 6) is 5.61. The second-order valence-electron chi connectivity index (χ2n) is 3.61. The number of benzene rings is 2. The van der Waals surface area contributed by atoms with Crippen LogP contribution in [0.3, 0.4) is 0 Å². The summed E-state index contributed by atoms with van der Waals surface area (Å²) in [6.07, 6.45) is 14.7. The number of fused-ring (bicyclic) bond motifs is 1. The molecule has 0 radical (unpaired) electrons. The molecule has 0 heterocycles. The van der Waals surface area contributed by atoms with E-state index in [0.717, 1.165) is 10.8 Å². The molecule has 0 aliphatic rings. The Bertz CT molecular complexity index is 634. The van der Waals surface area contributed by atoms with Gasteiger partial charge >= 0.3 is 37.7 Å². The monoisotopic (exact) mass is 248 g/mol. The van der Waals surface area contributed by atoms with Crippen LogP contribution in [0.5, 0.6) is 11.5 Å². The quantitative estimate of drug-likeness (QED) is 0.315. The molecule has 0 unspecified atom stereocenters. The van der Waals surface area contributed by atoms with Crippen molar-refractivity contribution in [1.29, 1.82) is 0 Å². The molecule has 0 aliphatic carbocycles. The number of hydrogen-bond donors (Lipinski definition) is 0. The van der Waals surface area contributed by atoms with E-state index in [4.69, 9.17) is 22.3 Å². The summed E-state index contributed by atoms with van der Waals surface area (Å²) in [7, 11) is 3.06. The fourth-order valence-electron chi connectivity index (χ4n) is 2.04. The van der Waals surface area contributed by atoms with Crippen molar-refractivity contribution in [3.05, 3.63) is 48.2 Å². The third kappa shape index (κ3) is 2.86. The maximum Gasteiger partial charge on any atom is 1.00 e. The van der Waals surface area contributed by atoms with Gasteiger partial charge in [-0.3, -0.25) is 0 Å². The summed E-state index contributed by atoms with van der Waals surface area (Å²) in [6.45, 7) is 0. The number of methoxy groups -OCH3 is 2. The van der Waals surface area contributed by atoms with Crippen molar-refractivity contribution >= 4 is 10.8 Å². The van der Waals surface area contributed by atoms with E-state index in [0.29, 0.717) is 22.6 Å². The zero-order valence-corrected chi connectivity index (χ0v) is 12.1. The van der Waals surface area contributed by atoms with Crippen molar-refractivity contribution in [3.63, 3.8) is 0 Å². The minimum absolute atomic E-state index is 0. The molecule has 0 amide bonds. The van der Waals surface area contributed by atoms with Gasteiger partial charge in [-0.05, 0) is 0 Å². The zero-order valence-electron chi connectivity index (χ0n) is 12.1. The largest absolute Gasteiger partial charge is 1.00 e. The fraction of sp³-hybridized carbons (Fsp3) is 0.125. The average Bonchev–Trinajstić information content (AvgIpc) is 2.44. The molecule has 2 aromatic carbocycles. The molecular weight excluding hydrogens is 238 g/mol. The Morgan fingerprint density at radius 2 is 1.15 bits per heavy atom. The van der Waals surface area contributed by atoms with Gasteiger partial charge < -0.3 is 34.2 Å². The summed E-state index contributed by atoms with van der Waals surface area (Å²) in [6, 6.07) is 7.52. The first-order valence-electron chi connectivity index (χ1n) is 5.30. The second kappa shape index (κ2) is 8.03. The Balaban J connectivity index is 0.00000180. The van der Waals surface area contributed by atoms with Crippen LogP contribution in [0.25, 0.3) is 10.8 Å². The summed E-state index contributed by atoms with van der Waals surface area (Å²) in [5.41, 5.74) is 0.756. The SMILES string of the molecule is [C-]#Cc1c(C#[C-])c(OC)c2ccccc2c1OC.[Li+].[Li+]. The third-order valence-corrected chi connectivity index (χ3v) is 2.78. The zero-order chi connectivity index (χ0) is 13.1. The summed E-state index contributed by atoms with van der Waals surface area (Å²) in [4.78, 5) is 0. The Labute approximate surface area is 143 Å². The molecule has 0 saturated heterocycles. The van der Waals surface area contributed by atoms with Crippen LogP contribution in [0, 0.1) is 24.7 Å². The normalized spacial score (nSPS) is 8.60. The van der Waals surface area contributed by atoms with Gasteiger partial charge in [0.25, 0.3) is 0 Å². The van der Waals surface area contributed by atoms with Crippen LogP contribution in [-0.2, 0) is 0 Å². The molecule has 2 nitrogen and oxygen atoms in total. The minimum Gasteiger partial charge on any atom is -0.515 e. The van der Waals surface area contributed by atoms with Gasteiger partial charge in [-0.2, -0.15) is 11.1 Å². The Hall–Kier alpha value is -1.39. The first kappa shape index (κ1) is 18.6. The van der Waals surface area contributed by atoms with Crippen molar-refractivity contribution in [3.8, 4) is 23.3 Å². The molecule has 0 fully saturated rings. The van der Waals surface area contributed by atoms with E-state index >= 15 is 0 Å². The Kier molecular flexibility index (Phi) is 7.47. The molecule has 88 valence electrons. The standard InChI is InChI=1S/C16H10O2.2Li/c1-5-11-12(6-2)16(18-4)14-10-8-7-9-13(14)15(11)17-3;;/h7-10H,3-4H3;;/q-2;2*+1. The third-order valence-electron chi connectivity index (χ3n) is 2.78. The van der Waals surface area contributed by atoms with Crippen LogP contribution >= 0.6 is 0 Å². The molecule has 0 aliphatic heterocycles. The van der Waals surface area contributed by atoms with Crippen LogP contribution in [0.2, 0.25) is 0 Å². The topological polar surface area (TPSA) is 18.5 Å². The van der Waals surface area contributed by atoms with Crippen molar-refractivity contribution in [2.75, 3.05) is 14.2 Å². The van der Waals surface area contributed by atoms with Crippen LogP contribution in [0.4, 0.5) is 0 Å². The van der Waals surface area contributed by atoms with Gasteiger partial charge in [0.05, 0.1) is 14.2 Å². The summed E-state index contributed by atoms with van der Waals surface area (Å²) < 4.78 is 10.7. The molecule has 4 heteroatoms. The van der Waals surface area contributed by atoms with E-state index in [1.54, 1.807) is 0 Å². The molecule has 0 N–H and O–H groups in total. The van der Waals surface area contributed by atoms with Gasteiger partial charge in [0.1, 0.15) is 0 Å². The van der Waals surface area contributed by atoms with E-state index < -0.39 is 0 Å². The molecule has 2 rings (SSSR count). The summed E-state index contributed by atoms with van der Waals surface area (Å²) in [5, 5.41) is 1.65. The van der Waals surface area contributed by atoms with Crippen molar-refractivity contribution < 1.29 is 47.2 Å².